The summed E-state index contributed by atoms with van der Waals surface area (Å²) in [6, 6.07) is 2.86. The normalized spacial score (nSPS) is 17.0. The van der Waals surface area contributed by atoms with E-state index in [1.54, 1.807) is 12.1 Å². The fraction of sp³-hybridized carbons (Fsp3) is 0.500. The summed E-state index contributed by atoms with van der Waals surface area (Å²) in [6.45, 7) is 8.15. The van der Waals surface area contributed by atoms with Gasteiger partial charge in [0.05, 0.1) is 29.2 Å². The molecule has 0 radical (unpaired) electrons. The Morgan fingerprint density at radius 3 is 2.59 bits per heavy atom. The molecule has 2 heterocycles. The van der Waals surface area contributed by atoms with E-state index in [-0.39, 0.29) is 0 Å². The van der Waals surface area contributed by atoms with Crippen molar-refractivity contribution in [2.75, 3.05) is 14.3 Å². The number of hydrogen-bond acceptors (Lipinski definition) is 6. The molecular weight excluding hydrogens is 378 g/mol. The fourth-order valence-electron chi connectivity index (χ4n) is 4.07. The van der Waals surface area contributed by atoms with E-state index in [1.165, 1.54) is 48.9 Å². The summed E-state index contributed by atoms with van der Waals surface area (Å²) >= 11 is 7.99. The Kier molecular flexibility index (Phi) is 5.12. The van der Waals surface area contributed by atoms with Crippen LogP contribution in [0, 0.1) is 27.7 Å². The molecule has 0 saturated heterocycles. The lowest BCUT2D eigenvalue weighted by Crippen LogP contribution is -2.30. The summed E-state index contributed by atoms with van der Waals surface area (Å²) in [5.41, 5.74) is 6.88. The van der Waals surface area contributed by atoms with Crippen LogP contribution in [0.5, 0.6) is 0 Å². The maximum Gasteiger partial charge on any atom is 0.138 e. The van der Waals surface area contributed by atoms with Gasteiger partial charge in [0.2, 0.25) is 0 Å². The van der Waals surface area contributed by atoms with Gasteiger partial charge in [-0.05, 0) is 51.7 Å². The zero-order valence-corrected chi connectivity index (χ0v) is 17.9. The third-order valence-corrected chi connectivity index (χ3v) is 6.84. The molecule has 1 fully saturated rings. The van der Waals surface area contributed by atoms with Gasteiger partial charge in [0.1, 0.15) is 16.8 Å². The van der Waals surface area contributed by atoms with Gasteiger partial charge in [-0.25, -0.2) is 9.97 Å². The minimum atomic E-state index is 0.498. The molecule has 2 aliphatic rings. The number of halogens is 1. The number of hydrogen-bond donors (Lipinski definition) is 2. The molecule has 1 aromatic heterocycles. The first kappa shape index (κ1) is 18.7. The molecule has 1 aliphatic carbocycles. The van der Waals surface area contributed by atoms with Crippen LogP contribution in [0.4, 0.5) is 22.9 Å². The van der Waals surface area contributed by atoms with Crippen LogP contribution in [-0.4, -0.2) is 16.0 Å². The lowest BCUT2D eigenvalue weighted by Gasteiger charge is -2.31. The number of benzene rings is 1. The quantitative estimate of drug-likeness (QED) is 0.467. The molecule has 0 spiro atoms. The smallest absolute Gasteiger partial charge is 0.138 e. The van der Waals surface area contributed by atoms with Gasteiger partial charge in [-0.3, -0.25) is 4.31 Å². The van der Waals surface area contributed by atoms with Gasteiger partial charge in [0.25, 0.3) is 0 Å². The van der Waals surface area contributed by atoms with Gasteiger partial charge in [0, 0.05) is 11.6 Å². The van der Waals surface area contributed by atoms with Crippen molar-refractivity contribution in [3.63, 3.8) is 0 Å². The summed E-state index contributed by atoms with van der Waals surface area (Å²) < 4.78 is 6.06. The molecular formula is C20H26ClN5S. The van der Waals surface area contributed by atoms with Crippen molar-refractivity contribution in [2.24, 2.45) is 0 Å². The summed E-state index contributed by atoms with van der Waals surface area (Å²) in [5.74, 6) is 1.44. The highest BCUT2D eigenvalue weighted by atomic mass is 35.5. The fourth-order valence-corrected chi connectivity index (χ4v) is 5.36. The highest BCUT2D eigenvalue weighted by molar-refractivity contribution is 8.02. The molecule has 27 heavy (non-hydrogen) atoms. The maximum atomic E-state index is 6.27. The number of rotatable bonds is 3. The van der Waals surface area contributed by atoms with Crippen molar-refractivity contribution in [3.05, 3.63) is 33.7 Å². The molecule has 5 nitrogen and oxygen atoms in total. The molecule has 0 unspecified atom stereocenters. The Morgan fingerprint density at radius 2 is 1.85 bits per heavy atom. The second-order valence-electron chi connectivity index (χ2n) is 7.58. The molecule has 4 rings (SSSR count). The van der Waals surface area contributed by atoms with Gasteiger partial charge in [-0.2, -0.15) is 0 Å². The topological polar surface area (TPSA) is 53.1 Å². The van der Waals surface area contributed by atoms with Gasteiger partial charge in [-0.1, -0.05) is 36.9 Å². The SMILES string of the molecule is Cc1nc(Cl)c(C)c(Nc2c(C)cc(C)c3c2NSN3C2CCCCC2)n1. The average molecular weight is 404 g/mol. The van der Waals surface area contributed by atoms with Crippen LogP contribution in [0.3, 0.4) is 0 Å². The lowest BCUT2D eigenvalue weighted by molar-refractivity contribution is 0.447. The molecule has 2 aromatic rings. The molecule has 7 heteroatoms. The van der Waals surface area contributed by atoms with Crippen molar-refractivity contribution in [3.8, 4) is 0 Å². The molecule has 144 valence electrons. The summed E-state index contributed by atoms with van der Waals surface area (Å²) in [4.78, 5) is 8.82. The minimum absolute atomic E-state index is 0.498. The van der Waals surface area contributed by atoms with Crippen LogP contribution in [0.25, 0.3) is 0 Å². The number of nitrogens with zero attached hydrogens (tertiary/aromatic N) is 3. The Morgan fingerprint density at radius 1 is 1.11 bits per heavy atom. The van der Waals surface area contributed by atoms with E-state index >= 15 is 0 Å². The predicted molar refractivity (Wildman–Crippen MR) is 116 cm³/mol. The third kappa shape index (κ3) is 3.45. The number of aromatic nitrogens is 2. The van der Waals surface area contributed by atoms with Crippen LogP contribution >= 0.6 is 23.7 Å². The van der Waals surface area contributed by atoms with Crippen LogP contribution < -0.4 is 14.3 Å². The van der Waals surface area contributed by atoms with Crippen molar-refractivity contribution in [1.82, 2.24) is 9.97 Å². The molecule has 2 N–H and O–H groups in total. The molecule has 1 aromatic carbocycles. The van der Waals surface area contributed by atoms with Crippen molar-refractivity contribution in [2.45, 2.75) is 65.8 Å². The van der Waals surface area contributed by atoms with E-state index < -0.39 is 0 Å². The van der Waals surface area contributed by atoms with E-state index in [2.05, 4.69) is 44.2 Å². The number of nitrogens with one attached hydrogen (secondary N) is 2. The maximum absolute atomic E-state index is 6.27. The van der Waals surface area contributed by atoms with Gasteiger partial charge >= 0.3 is 0 Å². The summed E-state index contributed by atoms with van der Waals surface area (Å²) in [6.07, 6.45) is 6.55. The zero-order chi connectivity index (χ0) is 19.1. The minimum Gasteiger partial charge on any atom is -0.338 e. The lowest BCUT2D eigenvalue weighted by atomic mass is 9.94. The Hall–Kier alpha value is -1.66. The molecule has 0 bridgehead atoms. The molecule has 1 aliphatic heterocycles. The van der Waals surface area contributed by atoms with Gasteiger partial charge in [-0.15, -0.1) is 0 Å². The van der Waals surface area contributed by atoms with E-state index in [0.29, 0.717) is 17.0 Å². The highest BCUT2D eigenvalue weighted by Gasteiger charge is 2.32. The van der Waals surface area contributed by atoms with Crippen molar-refractivity contribution >= 4 is 46.6 Å². The zero-order valence-electron chi connectivity index (χ0n) is 16.3. The average Bonchev–Trinajstić information content (AvgIpc) is 3.08. The van der Waals surface area contributed by atoms with Crippen LogP contribution in [0.2, 0.25) is 5.15 Å². The largest absolute Gasteiger partial charge is 0.338 e. The first-order valence-electron chi connectivity index (χ1n) is 9.60. The van der Waals surface area contributed by atoms with Gasteiger partial charge < -0.3 is 10.0 Å². The number of anilines is 4. The standard InChI is InChI=1S/C20H26ClN5S/c1-11-10-12(2)18-17(25-27-26(18)15-8-6-5-7-9-15)16(11)24-20-13(3)19(21)22-14(4)23-20/h10,15,25H,5-9H2,1-4H3,(H,22,23,24). The van der Waals surface area contributed by atoms with E-state index in [1.807, 2.05) is 13.8 Å². The predicted octanol–water partition coefficient (Wildman–Crippen LogP) is 6.24. The summed E-state index contributed by atoms with van der Waals surface area (Å²) in [7, 11) is 0. The Labute approximate surface area is 170 Å². The second-order valence-corrected chi connectivity index (χ2v) is 8.72. The Balaban J connectivity index is 1.74. The van der Waals surface area contributed by atoms with Crippen LogP contribution in [0.1, 0.15) is 54.6 Å². The van der Waals surface area contributed by atoms with E-state index in [4.69, 9.17) is 11.6 Å². The second kappa shape index (κ2) is 7.40. The third-order valence-electron chi connectivity index (χ3n) is 5.50. The Bertz CT molecular complexity index is 879. The molecule has 0 amide bonds. The van der Waals surface area contributed by atoms with Crippen molar-refractivity contribution < 1.29 is 0 Å². The highest BCUT2D eigenvalue weighted by Crippen LogP contribution is 2.50. The monoisotopic (exact) mass is 403 g/mol. The first-order valence-corrected chi connectivity index (χ1v) is 10.7. The van der Waals surface area contributed by atoms with Crippen molar-refractivity contribution in [1.29, 1.82) is 0 Å². The summed E-state index contributed by atoms with van der Waals surface area (Å²) in [5, 5.41) is 4.03. The first-order chi connectivity index (χ1) is 13.0. The number of aryl methyl sites for hydroxylation is 3. The van der Waals surface area contributed by atoms with Crippen LogP contribution in [-0.2, 0) is 0 Å². The number of fused-ring (bicyclic) bond motifs is 1. The van der Waals surface area contributed by atoms with E-state index in [0.717, 1.165) is 22.8 Å². The molecule has 0 atom stereocenters. The molecule has 1 saturated carbocycles. The van der Waals surface area contributed by atoms with E-state index in [9.17, 15) is 0 Å². The van der Waals surface area contributed by atoms with Gasteiger partial charge in [0.15, 0.2) is 0 Å². The van der Waals surface area contributed by atoms with Crippen LogP contribution in [0.15, 0.2) is 6.07 Å².